The number of aromatic nitrogens is 2. The van der Waals surface area contributed by atoms with Crippen LogP contribution in [0.1, 0.15) is 0 Å². The summed E-state index contributed by atoms with van der Waals surface area (Å²) in [6.45, 7) is 0. The molecule has 0 aliphatic heterocycles. The van der Waals surface area contributed by atoms with Gasteiger partial charge in [0.05, 0.1) is 10.3 Å². The lowest BCUT2D eigenvalue weighted by Crippen LogP contribution is -1.82. The molecule has 0 atom stereocenters. The van der Waals surface area contributed by atoms with Crippen LogP contribution >= 0.6 is 15.9 Å². The van der Waals surface area contributed by atoms with E-state index in [1.807, 2.05) is 40.9 Å². The highest BCUT2D eigenvalue weighted by Gasteiger charge is 2.05. The summed E-state index contributed by atoms with van der Waals surface area (Å²) in [6, 6.07) is 12.9. The number of halogens is 1. The van der Waals surface area contributed by atoms with E-state index in [9.17, 15) is 5.11 Å². The number of rotatable bonds is 1. The summed E-state index contributed by atoms with van der Waals surface area (Å²) in [5, 5.41) is 9.25. The second-order valence-corrected chi connectivity index (χ2v) is 4.56. The Kier molecular flexibility index (Phi) is 2.37. The van der Waals surface area contributed by atoms with Gasteiger partial charge in [-0.2, -0.15) is 0 Å². The Morgan fingerprint density at radius 3 is 2.53 bits per heavy atom. The topological polar surface area (TPSA) is 37.5 Å². The van der Waals surface area contributed by atoms with Gasteiger partial charge in [-0.25, -0.2) is 4.98 Å². The zero-order valence-electron chi connectivity index (χ0n) is 8.84. The Morgan fingerprint density at radius 1 is 1.06 bits per heavy atom. The molecule has 4 heteroatoms. The van der Waals surface area contributed by atoms with Crippen LogP contribution in [0.15, 0.2) is 53.3 Å². The first-order valence-electron chi connectivity index (χ1n) is 5.17. The largest absolute Gasteiger partial charge is 0.508 e. The minimum absolute atomic E-state index is 0.263. The van der Waals surface area contributed by atoms with E-state index in [1.165, 1.54) is 0 Å². The lowest BCUT2D eigenvalue weighted by molar-refractivity contribution is 0.475. The van der Waals surface area contributed by atoms with E-state index in [0.717, 1.165) is 21.5 Å². The average molecular weight is 289 g/mol. The van der Waals surface area contributed by atoms with Crippen molar-refractivity contribution >= 4 is 21.6 Å². The van der Waals surface area contributed by atoms with E-state index < -0.39 is 0 Å². The number of hydrogen-bond acceptors (Lipinski definition) is 2. The minimum atomic E-state index is 0.263. The van der Waals surface area contributed by atoms with Crippen molar-refractivity contribution in [2.24, 2.45) is 0 Å². The predicted molar refractivity (Wildman–Crippen MR) is 70.0 cm³/mol. The van der Waals surface area contributed by atoms with E-state index in [0.29, 0.717) is 0 Å². The van der Waals surface area contributed by atoms with Gasteiger partial charge in [0.1, 0.15) is 11.4 Å². The second kappa shape index (κ2) is 3.89. The second-order valence-electron chi connectivity index (χ2n) is 3.75. The zero-order valence-corrected chi connectivity index (χ0v) is 10.4. The zero-order chi connectivity index (χ0) is 11.8. The monoisotopic (exact) mass is 288 g/mol. The Labute approximate surface area is 106 Å². The number of aromatic hydroxyl groups is 1. The molecule has 17 heavy (non-hydrogen) atoms. The van der Waals surface area contributed by atoms with Crippen molar-refractivity contribution in [3.63, 3.8) is 0 Å². The molecule has 0 spiro atoms. The van der Waals surface area contributed by atoms with E-state index in [2.05, 4.69) is 20.9 Å². The molecule has 2 heterocycles. The molecule has 0 unspecified atom stereocenters. The lowest BCUT2D eigenvalue weighted by Gasteiger charge is -1.95. The van der Waals surface area contributed by atoms with Crippen LogP contribution < -0.4 is 0 Å². The third kappa shape index (κ3) is 1.80. The molecular formula is C13H9BrN2O. The van der Waals surface area contributed by atoms with E-state index in [4.69, 9.17) is 0 Å². The Bertz CT molecular complexity index is 673. The quantitative estimate of drug-likeness (QED) is 0.696. The van der Waals surface area contributed by atoms with Crippen molar-refractivity contribution < 1.29 is 5.11 Å². The number of fused-ring (bicyclic) bond motifs is 1. The smallest absolute Gasteiger partial charge is 0.138 e. The normalized spacial score (nSPS) is 10.9. The fourth-order valence-corrected chi connectivity index (χ4v) is 2.19. The summed E-state index contributed by atoms with van der Waals surface area (Å²) < 4.78 is 2.94. The van der Waals surface area contributed by atoms with Crippen molar-refractivity contribution in [3.8, 4) is 17.0 Å². The van der Waals surface area contributed by atoms with Crippen LogP contribution in [0.3, 0.4) is 0 Å². The van der Waals surface area contributed by atoms with Crippen molar-refractivity contribution in [3.05, 3.63) is 53.3 Å². The summed E-state index contributed by atoms with van der Waals surface area (Å²) in [5.41, 5.74) is 2.76. The van der Waals surface area contributed by atoms with Crippen LogP contribution in [0.4, 0.5) is 0 Å². The number of nitrogens with zero attached hydrogens (tertiary/aromatic N) is 2. The average Bonchev–Trinajstić information content (AvgIpc) is 2.75. The van der Waals surface area contributed by atoms with E-state index in [1.54, 1.807) is 12.1 Å². The summed E-state index contributed by atoms with van der Waals surface area (Å²) in [5.74, 6) is 0.263. The highest BCUT2D eigenvalue weighted by Crippen LogP contribution is 2.23. The number of imidazole rings is 1. The summed E-state index contributed by atoms with van der Waals surface area (Å²) >= 11 is 3.48. The van der Waals surface area contributed by atoms with Gasteiger partial charge in [0.2, 0.25) is 0 Å². The van der Waals surface area contributed by atoms with Gasteiger partial charge in [0.25, 0.3) is 0 Å². The van der Waals surface area contributed by atoms with Crippen LogP contribution in [-0.4, -0.2) is 14.5 Å². The molecule has 2 aromatic heterocycles. The molecule has 1 N–H and O–H groups in total. The standard InChI is InChI=1S/C13H9BrN2O/c14-12-2-1-3-13-15-11(8-16(12)13)9-4-6-10(17)7-5-9/h1-8,17H. The number of pyridine rings is 1. The van der Waals surface area contributed by atoms with Crippen LogP contribution in [-0.2, 0) is 0 Å². The molecule has 0 saturated carbocycles. The van der Waals surface area contributed by atoms with E-state index in [-0.39, 0.29) is 5.75 Å². The van der Waals surface area contributed by atoms with Crippen LogP contribution in [0.2, 0.25) is 0 Å². The van der Waals surface area contributed by atoms with Gasteiger partial charge < -0.3 is 5.11 Å². The van der Waals surface area contributed by atoms with Gasteiger partial charge in [-0.1, -0.05) is 6.07 Å². The number of benzene rings is 1. The molecule has 3 nitrogen and oxygen atoms in total. The molecule has 0 saturated heterocycles. The molecule has 1 aromatic carbocycles. The highest BCUT2D eigenvalue weighted by atomic mass is 79.9. The first-order valence-corrected chi connectivity index (χ1v) is 5.96. The number of phenolic OH excluding ortho intramolecular Hbond substituents is 1. The molecule has 0 bridgehead atoms. The third-order valence-corrected chi connectivity index (χ3v) is 3.25. The molecule has 3 rings (SSSR count). The molecule has 0 fully saturated rings. The van der Waals surface area contributed by atoms with Gasteiger partial charge in [0.15, 0.2) is 0 Å². The number of phenols is 1. The van der Waals surface area contributed by atoms with Crippen molar-refractivity contribution in [2.75, 3.05) is 0 Å². The fraction of sp³-hybridized carbons (Fsp3) is 0. The summed E-state index contributed by atoms with van der Waals surface area (Å²) in [6.07, 6.45) is 1.96. The minimum Gasteiger partial charge on any atom is -0.508 e. The maximum atomic E-state index is 9.25. The molecule has 3 aromatic rings. The molecular weight excluding hydrogens is 280 g/mol. The highest BCUT2D eigenvalue weighted by molar-refractivity contribution is 9.10. The maximum Gasteiger partial charge on any atom is 0.138 e. The Balaban J connectivity index is 2.18. The van der Waals surface area contributed by atoms with Gasteiger partial charge >= 0.3 is 0 Å². The first-order chi connectivity index (χ1) is 8.24. The maximum absolute atomic E-state index is 9.25. The lowest BCUT2D eigenvalue weighted by atomic mass is 10.2. The summed E-state index contributed by atoms with van der Waals surface area (Å²) in [4.78, 5) is 4.52. The molecule has 0 radical (unpaired) electrons. The third-order valence-electron chi connectivity index (χ3n) is 2.61. The van der Waals surface area contributed by atoms with Gasteiger partial charge in [-0.05, 0) is 52.3 Å². The first kappa shape index (κ1) is 10.4. The Morgan fingerprint density at radius 2 is 1.82 bits per heavy atom. The molecule has 0 aliphatic rings. The Hall–Kier alpha value is -1.81. The van der Waals surface area contributed by atoms with Crippen molar-refractivity contribution in [2.45, 2.75) is 0 Å². The molecule has 0 aliphatic carbocycles. The van der Waals surface area contributed by atoms with Crippen LogP contribution in [0, 0.1) is 0 Å². The number of hydrogen-bond donors (Lipinski definition) is 1. The van der Waals surface area contributed by atoms with Gasteiger partial charge in [0, 0.05) is 11.8 Å². The summed E-state index contributed by atoms with van der Waals surface area (Å²) in [7, 11) is 0. The fourth-order valence-electron chi connectivity index (χ4n) is 1.75. The molecule has 0 amide bonds. The van der Waals surface area contributed by atoms with Gasteiger partial charge in [-0.15, -0.1) is 0 Å². The van der Waals surface area contributed by atoms with Gasteiger partial charge in [-0.3, -0.25) is 4.40 Å². The SMILES string of the molecule is Oc1ccc(-c2cn3c(Br)cccc3n2)cc1. The van der Waals surface area contributed by atoms with Crippen molar-refractivity contribution in [1.82, 2.24) is 9.38 Å². The van der Waals surface area contributed by atoms with Crippen molar-refractivity contribution in [1.29, 1.82) is 0 Å². The van der Waals surface area contributed by atoms with Crippen LogP contribution in [0.5, 0.6) is 5.75 Å². The predicted octanol–water partition coefficient (Wildman–Crippen LogP) is 3.47. The van der Waals surface area contributed by atoms with Crippen LogP contribution in [0.25, 0.3) is 16.9 Å². The van der Waals surface area contributed by atoms with E-state index >= 15 is 0 Å². The molecule has 84 valence electrons.